The van der Waals surface area contributed by atoms with Gasteiger partial charge in [-0.25, -0.2) is 0 Å². The van der Waals surface area contributed by atoms with E-state index in [0.29, 0.717) is 6.61 Å². The van der Waals surface area contributed by atoms with Crippen LogP contribution in [0.1, 0.15) is 24.1 Å². The van der Waals surface area contributed by atoms with Gasteiger partial charge in [0.2, 0.25) is 0 Å². The van der Waals surface area contributed by atoms with Crippen molar-refractivity contribution < 1.29 is 9.47 Å². The standard InChI is InChI=1S/C15H22N4O2/c1-10(16)7-12-8-13(20-4)5-6-14(12)21-9-15-18-17-11(2)19(15)3/h5-6,8,10H,7,9,16H2,1-4H3. The number of nitrogens with two attached hydrogens (primary N) is 1. The second kappa shape index (κ2) is 6.58. The van der Waals surface area contributed by atoms with Gasteiger partial charge in [0.1, 0.15) is 23.9 Å². The molecule has 6 nitrogen and oxygen atoms in total. The van der Waals surface area contributed by atoms with Crippen molar-refractivity contribution in [2.75, 3.05) is 7.11 Å². The van der Waals surface area contributed by atoms with Gasteiger partial charge in [-0.05, 0) is 44.0 Å². The minimum absolute atomic E-state index is 0.0523. The van der Waals surface area contributed by atoms with E-state index in [0.717, 1.165) is 35.1 Å². The number of rotatable bonds is 6. The third-order valence-electron chi connectivity index (χ3n) is 3.35. The molecule has 1 aromatic heterocycles. The summed E-state index contributed by atoms with van der Waals surface area (Å²) in [7, 11) is 3.57. The highest BCUT2D eigenvalue weighted by molar-refractivity contribution is 5.40. The maximum atomic E-state index is 5.90. The molecule has 2 rings (SSSR count). The number of aromatic nitrogens is 3. The Morgan fingerprint density at radius 3 is 2.67 bits per heavy atom. The second-order valence-corrected chi connectivity index (χ2v) is 5.17. The molecule has 0 bridgehead atoms. The molecule has 0 saturated carbocycles. The zero-order chi connectivity index (χ0) is 15.4. The summed E-state index contributed by atoms with van der Waals surface area (Å²) in [6.07, 6.45) is 0.727. The number of nitrogens with zero attached hydrogens (tertiary/aromatic N) is 3. The van der Waals surface area contributed by atoms with Crippen LogP contribution in [0.15, 0.2) is 18.2 Å². The Labute approximate surface area is 124 Å². The predicted molar refractivity (Wildman–Crippen MR) is 80.4 cm³/mol. The normalized spacial score (nSPS) is 12.2. The molecule has 0 fully saturated rings. The molecule has 0 aliphatic heterocycles. The number of methoxy groups -OCH3 is 1. The smallest absolute Gasteiger partial charge is 0.170 e. The van der Waals surface area contributed by atoms with Gasteiger partial charge in [0, 0.05) is 13.1 Å². The fourth-order valence-electron chi connectivity index (χ4n) is 2.05. The van der Waals surface area contributed by atoms with Gasteiger partial charge < -0.3 is 19.8 Å². The van der Waals surface area contributed by atoms with Crippen LogP contribution in [-0.4, -0.2) is 27.9 Å². The number of aryl methyl sites for hydroxylation is 1. The fraction of sp³-hybridized carbons (Fsp3) is 0.467. The molecule has 0 saturated heterocycles. The van der Waals surface area contributed by atoms with Crippen molar-refractivity contribution in [2.45, 2.75) is 32.9 Å². The van der Waals surface area contributed by atoms with E-state index in [1.54, 1.807) is 7.11 Å². The number of ether oxygens (including phenoxy) is 2. The van der Waals surface area contributed by atoms with Crippen LogP contribution in [-0.2, 0) is 20.1 Å². The number of hydrogen-bond donors (Lipinski definition) is 1. The van der Waals surface area contributed by atoms with E-state index in [1.165, 1.54) is 0 Å². The molecule has 0 amide bonds. The Kier molecular flexibility index (Phi) is 4.80. The molecule has 1 atom stereocenters. The van der Waals surface area contributed by atoms with Gasteiger partial charge in [-0.1, -0.05) is 0 Å². The minimum Gasteiger partial charge on any atom is -0.497 e. The Morgan fingerprint density at radius 2 is 2.10 bits per heavy atom. The quantitative estimate of drug-likeness (QED) is 0.874. The van der Waals surface area contributed by atoms with Crippen LogP contribution in [0.5, 0.6) is 11.5 Å². The zero-order valence-electron chi connectivity index (χ0n) is 13.0. The monoisotopic (exact) mass is 290 g/mol. The summed E-state index contributed by atoms with van der Waals surface area (Å²) in [5.74, 6) is 3.25. The van der Waals surface area contributed by atoms with Crippen LogP contribution in [0.3, 0.4) is 0 Å². The molecule has 0 radical (unpaired) electrons. The molecular weight excluding hydrogens is 268 g/mol. The van der Waals surface area contributed by atoms with Crippen LogP contribution >= 0.6 is 0 Å². The Bertz CT molecular complexity index is 608. The summed E-state index contributed by atoms with van der Waals surface area (Å²) < 4.78 is 13.0. The van der Waals surface area contributed by atoms with E-state index >= 15 is 0 Å². The maximum absolute atomic E-state index is 5.90. The van der Waals surface area contributed by atoms with E-state index in [1.807, 2.05) is 43.7 Å². The molecule has 0 aliphatic carbocycles. The van der Waals surface area contributed by atoms with Crippen LogP contribution in [0, 0.1) is 6.92 Å². The molecule has 1 heterocycles. The van der Waals surface area contributed by atoms with Gasteiger partial charge in [-0.15, -0.1) is 10.2 Å². The summed E-state index contributed by atoms with van der Waals surface area (Å²) in [6.45, 7) is 4.25. The van der Waals surface area contributed by atoms with Crippen molar-refractivity contribution in [3.05, 3.63) is 35.4 Å². The lowest BCUT2D eigenvalue weighted by Gasteiger charge is -2.14. The van der Waals surface area contributed by atoms with Crippen molar-refractivity contribution in [1.29, 1.82) is 0 Å². The van der Waals surface area contributed by atoms with Crippen LogP contribution in [0.2, 0.25) is 0 Å². The first kappa shape index (κ1) is 15.3. The van der Waals surface area contributed by atoms with Crippen molar-refractivity contribution in [1.82, 2.24) is 14.8 Å². The largest absolute Gasteiger partial charge is 0.497 e. The summed E-state index contributed by atoms with van der Waals surface area (Å²) in [5.41, 5.74) is 6.93. The Hall–Kier alpha value is -2.08. The maximum Gasteiger partial charge on any atom is 0.170 e. The Morgan fingerprint density at radius 1 is 1.33 bits per heavy atom. The molecule has 1 unspecified atom stereocenters. The summed E-state index contributed by atoms with van der Waals surface area (Å²) >= 11 is 0. The molecule has 2 aromatic rings. The topological polar surface area (TPSA) is 75.2 Å². The predicted octanol–water partition coefficient (Wildman–Crippen LogP) is 1.60. The van der Waals surface area contributed by atoms with Crippen molar-refractivity contribution in [3.8, 4) is 11.5 Å². The van der Waals surface area contributed by atoms with E-state index in [9.17, 15) is 0 Å². The van der Waals surface area contributed by atoms with Gasteiger partial charge in [-0.3, -0.25) is 0 Å². The molecule has 1 aromatic carbocycles. The van der Waals surface area contributed by atoms with E-state index in [-0.39, 0.29) is 6.04 Å². The lowest BCUT2D eigenvalue weighted by Crippen LogP contribution is -2.18. The van der Waals surface area contributed by atoms with Crippen molar-refractivity contribution in [3.63, 3.8) is 0 Å². The first-order valence-corrected chi connectivity index (χ1v) is 6.91. The second-order valence-electron chi connectivity index (χ2n) is 5.17. The highest BCUT2D eigenvalue weighted by atomic mass is 16.5. The zero-order valence-corrected chi connectivity index (χ0v) is 13.0. The van der Waals surface area contributed by atoms with E-state index in [2.05, 4.69) is 10.2 Å². The van der Waals surface area contributed by atoms with Gasteiger partial charge in [0.15, 0.2) is 5.82 Å². The first-order valence-electron chi connectivity index (χ1n) is 6.91. The van der Waals surface area contributed by atoms with Gasteiger partial charge in [-0.2, -0.15) is 0 Å². The van der Waals surface area contributed by atoms with Gasteiger partial charge in [0.25, 0.3) is 0 Å². The average Bonchev–Trinajstić information content (AvgIpc) is 2.77. The average molecular weight is 290 g/mol. The third kappa shape index (κ3) is 3.72. The van der Waals surface area contributed by atoms with Crippen molar-refractivity contribution >= 4 is 0 Å². The molecule has 0 aliphatic rings. The highest BCUT2D eigenvalue weighted by Crippen LogP contribution is 2.26. The number of hydrogen-bond acceptors (Lipinski definition) is 5. The Balaban J connectivity index is 2.16. The third-order valence-corrected chi connectivity index (χ3v) is 3.35. The minimum atomic E-state index is 0.0523. The first-order chi connectivity index (χ1) is 10.0. The summed E-state index contributed by atoms with van der Waals surface area (Å²) in [6, 6.07) is 5.79. The molecular formula is C15H22N4O2. The SMILES string of the molecule is COc1ccc(OCc2nnc(C)n2C)c(CC(C)N)c1. The number of benzene rings is 1. The van der Waals surface area contributed by atoms with E-state index in [4.69, 9.17) is 15.2 Å². The highest BCUT2D eigenvalue weighted by Gasteiger charge is 2.11. The molecule has 114 valence electrons. The van der Waals surface area contributed by atoms with Crippen molar-refractivity contribution in [2.24, 2.45) is 12.8 Å². The molecule has 2 N–H and O–H groups in total. The van der Waals surface area contributed by atoms with Crippen LogP contribution in [0.4, 0.5) is 0 Å². The van der Waals surface area contributed by atoms with Crippen LogP contribution in [0.25, 0.3) is 0 Å². The molecule has 6 heteroatoms. The lowest BCUT2D eigenvalue weighted by atomic mass is 10.1. The van der Waals surface area contributed by atoms with Gasteiger partial charge >= 0.3 is 0 Å². The lowest BCUT2D eigenvalue weighted by molar-refractivity contribution is 0.287. The summed E-state index contributed by atoms with van der Waals surface area (Å²) in [4.78, 5) is 0. The van der Waals surface area contributed by atoms with Crippen LogP contribution < -0.4 is 15.2 Å². The molecule has 0 spiro atoms. The molecule has 21 heavy (non-hydrogen) atoms. The summed E-state index contributed by atoms with van der Waals surface area (Å²) in [5, 5.41) is 8.11. The van der Waals surface area contributed by atoms with Gasteiger partial charge in [0.05, 0.1) is 7.11 Å². The fourth-order valence-corrected chi connectivity index (χ4v) is 2.05. The van der Waals surface area contributed by atoms with E-state index < -0.39 is 0 Å².